The molecular weight excluding hydrogens is 212 g/mol. The normalized spacial score (nSPS) is 16.1. The van der Waals surface area contributed by atoms with Crippen molar-refractivity contribution < 1.29 is 13.5 Å². The summed E-state index contributed by atoms with van der Waals surface area (Å²) in [5, 5.41) is 8.70. The fraction of sp³-hybridized carbons (Fsp3) is 0.250. The number of hydrogen-bond donors (Lipinski definition) is 0. The molecule has 0 unspecified atom stereocenters. The van der Waals surface area contributed by atoms with Gasteiger partial charge in [-0.05, 0) is 24.3 Å². The SMILES string of the molecule is N#Cc1ccc2c(c1)C=CC(CF)(CF)O2. The minimum Gasteiger partial charge on any atom is -0.477 e. The van der Waals surface area contributed by atoms with Gasteiger partial charge in [0.2, 0.25) is 0 Å². The molecule has 1 aromatic carbocycles. The Hall–Kier alpha value is -1.89. The Labute approximate surface area is 91.8 Å². The zero-order valence-corrected chi connectivity index (χ0v) is 8.41. The maximum absolute atomic E-state index is 12.7. The topological polar surface area (TPSA) is 33.0 Å². The summed E-state index contributed by atoms with van der Waals surface area (Å²) < 4.78 is 30.7. The van der Waals surface area contributed by atoms with Gasteiger partial charge in [0.1, 0.15) is 19.1 Å². The van der Waals surface area contributed by atoms with Gasteiger partial charge in [0.25, 0.3) is 0 Å². The van der Waals surface area contributed by atoms with Crippen LogP contribution in [-0.2, 0) is 0 Å². The van der Waals surface area contributed by atoms with Gasteiger partial charge in [-0.3, -0.25) is 0 Å². The molecule has 1 heterocycles. The van der Waals surface area contributed by atoms with Crippen molar-refractivity contribution in [3.8, 4) is 11.8 Å². The van der Waals surface area contributed by atoms with Crippen LogP contribution in [0.2, 0.25) is 0 Å². The van der Waals surface area contributed by atoms with E-state index in [1.165, 1.54) is 6.08 Å². The smallest absolute Gasteiger partial charge is 0.184 e. The lowest BCUT2D eigenvalue weighted by Crippen LogP contribution is -2.40. The Morgan fingerprint density at radius 2 is 2.06 bits per heavy atom. The van der Waals surface area contributed by atoms with Gasteiger partial charge in [-0.2, -0.15) is 5.26 Å². The minimum absolute atomic E-state index is 0.400. The van der Waals surface area contributed by atoms with E-state index in [1.54, 1.807) is 24.3 Å². The first kappa shape index (κ1) is 10.6. The Bertz CT molecular complexity index is 472. The third-order valence-corrected chi connectivity index (χ3v) is 2.47. The number of nitrogens with zero attached hydrogens (tertiary/aromatic N) is 1. The third kappa shape index (κ3) is 1.65. The first-order valence-corrected chi connectivity index (χ1v) is 4.77. The molecule has 0 spiro atoms. The van der Waals surface area contributed by atoms with Crippen molar-refractivity contribution in [2.45, 2.75) is 5.60 Å². The average Bonchev–Trinajstić information content (AvgIpc) is 2.37. The van der Waals surface area contributed by atoms with Crippen molar-refractivity contribution in [3.63, 3.8) is 0 Å². The number of nitriles is 1. The van der Waals surface area contributed by atoms with Gasteiger partial charge in [-0.25, -0.2) is 8.78 Å². The van der Waals surface area contributed by atoms with E-state index in [-0.39, 0.29) is 0 Å². The molecule has 82 valence electrons. The van der Waals surface area contributed by atoms with Crippen molar-refractivity contribution in [1.82, 2.24) is 0 Å². The van der Waals surface area contributed by atoms with Crippen LogP contribution in [0.4, 0.5) is 8.78 Å². The van der Waals surface area contributed by atoms with Crippen LogP contribution in [0.3, 0.4) is 0 Å². The molecule has 0 atom stereocenters. The monoisotopic (exact) mass is 221 g/mol. The van der Waals surface area contributed by atoms with Crippen LogP contribution in [0.25, 0.3) is 6.08 Å². The number of benzene rings is 1. The summed E-state index contributed by atoms with van der Waals surface area (Å²) in [6.45, 7) is -1.83. The molecule has 2 nitrogen and oxygen atoms in total. The van der Waals surface area contributed by atoms with Crippen LogP contribution in [0.15, 0.2) is 24.3 Å². The van der Waals surface area contributed by atoms with Gasteiger partial charge in [-0.1, -0.05) is 6.08 Å². The molecule has 0 bridgehead atoms. The molecule has 1 aromatic rings. The largest absolute Gasteiger partial charge is 0.477 e. The molecule has 1 aliphatic heterocycles. The number of alkyl halides is 2. The van der Waals surface area contributed by atoms with Gasteiger partial charge in [0, 0.05) is 5.56 Å². The predicted octanol–water partition coefficient (Wildman–Crippen LogP) is 2.64. The van der Waals surface area contributed by atoms with E-state index in [2.05, 4.69) is 0 Å². The van der Waals surface area contributed by atoms with Gasteiger partial charge in [0.15, 0.2) is 5.60 Å². The lowest BCUT2D eigenvalue weighted by Gasteiger charge is -2.29. The molecule has 4 heteroatoms. The van der Waals surface area contributed by atoms with E-state index in [0.29, 0.717) is 16.9 Å². The summed E-state index contributed by atoms with van der Waals surface area (Å²) in [5.74, 6) is 0.400. The summed E-state index contributed by atoms with van der Waals surface area (Å²) in [6.07, 6.45) is 2.94. The molecule has 0 aliphatic carbocycles. The van der Waals surface area contributed by atoms with Crippen molar-refractivity contribution in [3.05, 3.63) is 35.4 Å². The van der Waals surface area contributed by atoms with Gasteiger partial charge in [-0.15, -0.1) is 0 Å². The zero-order valence-electron chi connectivity index (χ0n) is 8.41. The average molecular weight is 221 g/mol. The molecule has 1 aliphatic rings. The van der Waals surface area contributed by atoms with Crippen LogP contribution >= 0.6 is 0 Å². The highest BCUT2D eigenvalue weighted by atomic mass is 19.1. The standard InChI is InChI=1S/C12H9F2NO/c13-7-12(8-14)4-3-10-5-9(6-15)1-2-11(10)16-12/h1-5H,7-8H2. The lowest BCUT2D eigenvalue weighted by atomic mass is 10.00. The number of fused-ring (bicyclic) bond motifs is 1. The predicted molar refractivity (Wildman–Crippen MR) is 55.5 cm³/mol. The van der Waals surface area contributed by atoms with E-state index in [1.807, 2.05) is 6.07 Å². The Kier molecular flexibility index (Phi) is 2.61. The van der Waals surface area contributed by atoms with Crippen molar-refractivity contribution in [2.75, 3.05) is 13.3 Å². The minimum atomic E-state index is -1.50. The van der Waals surface area contributed by atoms with E-state index >= 15 is 0 Å². The first-order chi connectivity index (χ1) is 7.73. The van der Waals surface area contributed by atoms with E-state index in [4.69, 9.17) is 10.00 Å². The lowest BCUT2D eigenvalue weighted by molar-refractivity contribution is 0.0599. The molecule has 0 saturated heterocycles. The summed E-state index contributed by atoms with van der Waals surface area (Å²) >= 11 is 0. The summed E-state index contributed by atoms with van der Waals surface area (Å²) in [4.78, 5) is 0. The first-order valence-electron chi connectivity index (χ1n) is 4.77. The number of halogens is 2. The molecule has 0 saturated carbocycles. The summed E-state index contributed by atoms with van der Waals surface area (Å²) in [7, 11) is 0. The van der Waals surface area contributed by atoms with Crippen LogP contribution in [0, 0.1) is 11.3 Å². The molecular formula is C12H9F2NO. The highest BCUT2D eigenvalue weighted by Crippen LogP contribution is 2.32. The number of rotatable bonds is 2. The van der Waals surface area contributed by atoms with E-state index in [9.17, 15) is 8.78 Å². The van der Waals surface area contributed by atoms with Gasteiger partial charge >= 0.3 is 0 Å². The van der Waals surface area contributed by atoms with Gasteiger partial charge in [0.05, 0.1) is 11.6 Å². The summed E-state index contributed by atoms with van der Waals surface area (Å²) in [5.41, 5.74) is -0.349. The van der Waals surface area contributed by atoms with Gasteiger partial charge < -0.3 is 4.74 Å². The highest BCUT2D eigenvalue weighted by molar-refractivity contribution is 5.63. The van der Waals surface area contributed by atoms with Crippen LogP contribution in [0.1, 0.15) is 11.1 Å². The molecule has 16 heavy (non-hydrogen) atoms. The maximum atomic E-state index is 12.7. The fourth-order valence-corrected chi connectivity index (χ4v) is 1.52. The van der Waals surface area contributed by atoms with Crippen LogP contribution in [-0.4, -0.2) is 19.0 Å². The van der Waals surface area contributed by atoms with Crippen LogP contribution < -0.4 is 4.74 Å². The molecule has 0 aromatic heterocycles. The quantitative estimate of drug-likeness (QED) is 0.769. The van der Waals surface area contributed by atoms with Crippen molar-refractivity contribution >= 4 is 6.08 Å². The Morgan fingerprint density at radius 1 is 1.31 bits per heavy atom. The zero-order chi connectivity index (χ0) is 11.6. The maximum Gasteiger partial charge on any atom is 0.184 e. The highest BCUT2D eigenvalue weighted by Gasteiger charge is 2.33. The fourth-order valence-electron chi connectivity index (χ4n) is 1.52. The summed E-state index contributed by atoms with van der Waals surface area (Å²) in [6, 6.07) is 6.71. The van der Waals surface area contributed by atoms with Crippen molar-refractivity contribution in [1.29, 1.82) is 5.26 Å². The molecule has 0 N–H and O–H groups in total. The third-order valence-electron chi connectivity index (χ3n) is 2.47. The molecule has 0 radical (unpaired) electrons. The molecule has 2 rings (SSSR count). The second kappa shape index (κ2) is 3.93. The van der Waals surface area contributed by atoms with E-state index < -0.39 is 19.0 Å². The number of hydrogen-bond acceptors (Lipinski definition) is 2. The van der Waals surface area contributed by atoms with E-state index in [0.717, 1.165) is 0 Å². The Morgan fingerprint density at radius 3 is 2.69 bits per heavy atom. The Balaban J connectivity index is 2.40. The van der Waals surface area contributed by atoms with Crippen molar-refractivity contribution in [2.24, 2.45) is 0 Å². The molecule has 0 fully saturated rings. The molecule has 0 amide bonds. The number of ether oxygens (including phenoxy) is 1. The van der Waals surface area contributed by atoms with Crippen LogP contribution in [0.5, 0.6) is 5.75 Å². The second-order valence-corrected chi connectivity index (χ2v) is 3.63. The second-order valence-electron chi connectivity index (χ2n) is 3.63.